The third kappa shape index (κ3) is 3.84. The number of aliphatic hydroxyl groups is 1. The zero-order chi connectivity index (χ0) is 12.8. The van der Waals surface area contributed by atoms with Crippen LogP contribution in [0.25, 0.3) is 0 Å². The van der Waals surface area contributed by atoms with Crippen molar-refractivity contribution in [2.24, 2.45) is 0 Å². The molecule has 2 atom stereocenters. The number of methoxy groups -OCH3 is 1. The number of ketones is 1. The molecule has 4 heteroatoms. The maximum atomic E-state index is 12.1. The number of rotatable bonds is 6. The molecule has 0 saturated heterocycles. The third-order valence-corrected chi connectivity index (χ3v) is 2.49. The number of ether oxygens (including phenoxy) is 1. The van der Waals surface area contributed by atoms with E-state index in [-0.39, 0.29) is 11.8 Å². The molecule has 0 aliphatic heterocycles. The summed E-state index contributed by atoms with van der Waals surface area (Å²) in [5, 5.41) is 12.1. The Bertz CT molecular complexity index is 377. The molecule has 0 aromatic heterocycles. The summed E-state index contributed by atoms with van der Waals surface area (Å²) in [6, 6.07) is 6.78. The summed E-state index contributed by atoms with van der Waals surface area (Å²) in [7, 11) is 1.54. The fourth-order valence-electron chi connectivity index (χ4n) is 1.52. The maximum Gasteiger partial charge on any atom is 0.183 e. The second kappa shape index (κ2) is 6.37. The number of carbonyl (C=O) groups excluding carboxylic acids is 1. The highest BCUT2D eigenvalue weighted by Gasteiger charge is 2.18. The van der Waals surface area contributed by atoms with Crippen LogP contribution in [-0.2, 0) is 0 Å². The van der Waals surface area contributed by atoms with Crippen molar-refractivity contribution in [2.45, 2.75) is 26.0 Å². The van der Waals surface area contributed by atoms with Gasteiger partial charge in [-0.2, -0.15) is 0 Å². The highest BCUT2D eigenvalue weighted by atomic mass is 16.5. The van der Waals surface area contributed by atoms with E-state index in [1.165, 1.54) is 0 Å². The first kappa shape index (κ1) is 13.7. The van der Waals surface area contributed by atoms with Gasteiger partial charge in [0.05, 0.1) is 24.8 Å². The summed E-state index contributed by atoms with van der Waals surface area (Å²) in [4.78, 5) is 12.1. The van der Waals surface area contributed by atoms with E-state index in [0.717, 1.165) is 0 Å². The zero-order valence-electron chi connectivity index (χ0n) is 10.4. The molecule has 0 aliphatic carbocycles. The Hall–Kier alpha value is -1.39. The van der Waals surface area contributed by atoms with Crippen molar-refractivity contribution in [3.05, 3.63) is 29.8 Å². The van der Waals surface area contributed by atoms with Crippen LogP contribution in [0.2, 0.25) is 0 Å². The van der Waals surface area contributed by atoms with E-state index in [1.54, 1.807) is 39.2 Å². The minimum atomic E-state index is -0.470. The van der Waals surface area contributed by atoms with Gasteiger partial charge in [-0.3, -0.25) is 4.79 Å². The van der Waals surface area contributed by atoms with Gasteiger partial charge in [-0.1, -0.05) is 12.1 Å². The lowest BCUT2D eigenvalue weighted by molar-refractivity contribution is 0.0938. The minimum absolute atomic E-state index is 0.0388. The average Bonchev–Trinajstić information content (AvgIpc) is 2.34. The molecule has 1 aromatic carbocycles. The van der Waals surface area contributed by atoms with Crippen molar-refractivity contribution in [3.63, 3.8) is 0 Å². The van der Waals surface area contributed by atoms with Crippen LogP contribution < -0.4 is 10.1 Å². The second-order valence-corrected chi connectivity index (χ2v) is 4.04. The van der Waals surface area contributed by atoms with Gasteiger partial charge in [0.25, 0.3) is 0 Å². The maximum absolute atomic E-state index is 12.1. The molecule has 0 saturated carbocycles. The molecule has 17 heavy (non-hydrogen) atoms. The molecule has 0 amide bonds. The van der Waals surface area contributed by atoms with E-state index in [4.69, 9.17) is 9.84 Å². The number of hydrogen-bond donors (Lipinski definition) is 2. The molecule has 0 radical (unpaired) electrons. The van der Waals surface area contributed by atoms with Crippen LogP contribution in [0, 0.1) is 0 Å². The first-order valence-corrected chi connectivity index (χ1v) is 5.65. The number of benzene rings is 1. The molecule has 1 rings (SSSR count). The number of para-hydroxylation sites is 1. The van der Waals surface area contributed by atoms with Crippen molar-refractivity contribution in [2.75, 3.05) is 13.7 Å². The van der Waals surface area contributed by atoms with Crippen LogP contribution in [0.4, 0.5) is 0 Å². The summed E-state index contributed by atoms with van der Waals surface area (Å²) in [5.74, 6) is 0.534. The van der Waals surface area contributed by atoms with Gasteiger partial charge in [-0.25, -0.2) is 0 Å². The number of nitrogens with one attached hydrogen (secondary N) is 1. The monoisotopic (exact) mass is 237 g/mol. The van der Waals surface area contributed by atoms with E-state index in [2.05, 4.69) is 5.32 Å². The van der Waals surface area contributed by atoms with E-state index in [0.29, 0.717) is 17.9 Å². The van der Waals surface area contributed by atoms with E-state index in [1.807, 2.05) is 6.07 Å². The molecular formula is C13H19NO3. The zero-order valence-corrected chi connectivity index (χ0v) is 10.4. The lowest BCUT2D eigenvalue weighted by atomic mass is 10.0. The van der Waals surface area contributed by atoms with Gasteiger partial charge in [0.15, 0.2) is 5.78 Å². The molecule has 1 aromatic rings. The highest BCUT2D eigenvalue weighted by molar-refractivity contribution is 6.02. The predicted octanol–water partition coefficient (Wildman–Crippen LogP) is 1.24. The van der Waals surface area contributed by atoms with Gasteiger partial charge in [0, 0.05) is 6.54 Å². The van der Waals surface area contributed by atoms with E-state index in [9.17, 15) is 4.79 Å². The second-order valence-electron chi connectivity index (χ2n) is 4.04. The minimum Gasteiger partial charge on any atom is -0.496 e. The Morgan fingerprint density at radius 3 is 2.65 bits per heavy atom. The van der Waals surface area contributed by atoms with Crippen molar-refractivity contribution in [1.82, 2.24) is 5.32 Å². The van der Waals surface area contributed by atoms with Gasteiger partial charge < -0.3 is 15.2 Å². The SMILES string of the molecule is COc1ccccc1C(=O)C(C)NCC(C)O. The topological polar surface area (TPSA) is 58.6 Å². The Balaban J connectivity index is 2.74. The van der Waals surface area contributed by atoms with Crippen molar-refractivity contribution >= 4 is 5.78 Å². The van der Waals surface area contributed by atoms with E-state index >= 15 is 0 Å². The average molecular weight is 237 g/mol. The molecule has 0 spiro atoms. The Morgan fingerprint density at radius 2 is 2.06 bits per heavy atom. The van der Waals surface area contributed by atoms with Gasteiger partial charge in [0.1, 0.15) is 5.75 Å². The Morgan fingerprint density at radius 1 is 1.41 bits per heavy atom. The van der Waals surface area contributed by atoms with Crippen LogP contribution in [0.1, 0.15) is 24.2 Å². The van der Waals surface area contributed by atoms with Gasteiger partial charge in [0.2, 0.25) is 0 Å². The Kier molecular flexibility index (Phi) is 5.12. The van der Waals surface area contributed by atoms with Gasteiger partial charge in [-0.15, -0.1) is 0 Å². The van der Waals surface area contributed by atoms with Crippen molar-refractivity contribution < 1.29 is 14.6 Å². The quantitative estimate of drug-likeness (QED) is 0.731. The largest absolute Gasteiger partial charge is 0.496 e. The summed E-state index contributed by atoms with van der Waals surface area (Å²) in [6.45, 7) is 3.84. The van der Waals surface area contributed by atoms with Crippen LogP contribution in [0.5, 0.6) is 5.75 Å². The molecule has 0 fully saturated rings. The summed E-state index contributed by atoms with van der Waals surface area (Å²) >= 11 is 0. The lowest BCUT2D eigenvalue weighted by Crippen LogP contribution is -2.38. The summed E-state index contributed by atoms with van der Waals surface area (Å²) < 4.78 is 5.14. The third-order valence-electron chi connectivity index (χ3n) is 2.49. The number of Topliss-reactive ketones (excluding diaryl/α,β-unsaturated/α-hetero) is 1. The molecule has 0 aliphatic rings. The predicted molar refractivity (Wildman–Crippen MR) is 66.5 cm³/mol. The normalized spacial score (nSPS) is 14.1. The molecule has 0 heterocycles. The van der Waals surface area contributed by atoms with Crippen LogP contribution >= 0.6 is 0 Å². The summed E-state index contributed by atoms with van der Waals surface area (Å²) in [6.07, 6.45) is -0.470. The first-order valence-electron chi connectivity index (χ1n) is 5.65. The summed E-state index contributed by atoms with van der Waals surface area (Å²) in [5.41, 5.74) is 0.556. The van der Waals surface area contributed by atoms with Crippen LogP contribution in [0.3, 0.4) is 0 Å². The standard InChI is InChI=1S/C13H19NO3/c1-9(15)8-14-10(2)13(16)11-6-4-5-7-12(11)17-3/h4-7,9-10,14-15H,8H2,1-3H3. The van der Waals surface area contributed by atoms with Crippen LogP contribution in [-0.4, -0.2) is 36.7 Å². The van der Waals surface area contributed by atoms with E-state index < -0.39 is 6.10 Å². The fourth-order valence-corrected chi connectivity index (χ4v) is 1.52. The van der Waals surface area contributed by atoms with Gasteiger partial charge in [-0.05, 0) is 26.0 Å². The number of carbonyl (C=O) groups is 1. The molecule has 2 unspecified atom stereocenters. The molecular weight excluding hydrogens is 218 g/mol. The lowest BCUT2D eigenvalue weighted by Gasteiger charge is -2.15. The molecule has 2 N–H and O–H groups in total. The fraction of sp³-hybridized carbons (Fsp3) is 0.462. The highest BCUT2D eigenvalue weighted by Crippen LogP contribution is 2.18. The number of aliphatic hydroxyl groups excluding tert-OH is 1. The van der Waals surface area contributed by atoms with Crippen LogP contribution in [0.15, 0.2) is 24.3 Å². The molecule has 0 bridgehead atoms. The van der Waals surface area contributed by atoms with Gasteiger partial charge >= 0.3 is 0 Å². The Labute approximate surface area is 102 Å². The molecule has 94 valence electrons. The number of hydrogen-bond acceptors (Lipinski definition) is 4. The van der Waals surface area contributed by atoms with Crippen molar-refractivity contribution in [1.29, 1.82) is 0 Å². The van der Waals surface area contributed by atoms with Crippen molar-refractivity contribution in [3.8, 4) is 5.75 Å². The molecule has 4 nitrogen and oxygen atoms in total. The first-order chi connectivity index (χ1) is 8.06. The smallest absolute Gasteiger partial charge is 0.183 e.